The molecule has 2 rings (SSSR count). The molecule has 0 unspecified atom stereocenters. The first-order valence-electron chi connectivity index (χ1n) is 6.39. The second kappa shape index (κ2) is 6.26. The van der Waals surface area contributed by atoms with E-state index in [2.05, 4.69) is 41.3 Å². The summed E-state index contributed by atoms with van der Waals surface area (Å²) in [6.45, 7) is 6.10. The van der Waals surface area contributed by atoms with Crippen LogP contribution in [0.5, 0.6) is 0 Å². The van der Waals surface area contributed by atoms with E-state index in [1.165, 1.54) is 5.56 Å². The molecule has 18 heavy (non-hydrogen) atoms. The third kappa shape index (κ3) is 3.14. The summed E-state index contributed by atoms with van der Waals surface area (Å²) in [4.78, 5) is 8.87. The Morgan fingerprint density at radius 3 is 2.50 bits per heavy atom. The number of hydrogen-bond acceptors (Lipinski definition) is 3. The highest BCUT2D eigenvalue weighted by molar-refractivity contribution is 5.59. The maximum absolute atomic E-state index is 4.44. The zero-order chi connectivity index (χ0) is 12.8. The van der Waals surface area contributed by atoms with Crippen molar-refractivity contribution in [1.29, 1.82) is 0 Å². The molecular formula is C15H19N3. The van der Waals surface area contributed by atoms with Crippen LogP contribution in [0, 0.1) is 6.92 Å². The van der Waals surface area contributed by atoms with Gasteiger partial charge in [-0.15, -0.1) is 0 Å². The van der Waals surface area contributed by atoms with E-state index in [0.29, 0.717) is 0 Å². The number of nitrogens with one attached hydrogen (secondary N) is 1. The fourth-order valence-electron chi connectivity index (χ4n) is 1.82. The van der Waals surface area contributed by atoms with Crippen molar-refractivity contribution in [1.82, 2.24) is 15.3 Å². The minimum absolute atomic E-state index is 0.798. The third-order valence-electron chi connectivity index (χ3n) is 2.85. The van der Waals surface area contributed by atoms with Crippen LogP contribution in [0.15, 0.2) is 36.7 Å². The zero-order valence-corrected chi connectivity index (χ0v) is 11.0. The second-order valence-electron chi connectivity index (χ2n) is 4.41. The van der Waals surface area contributed by atoms with Gasteiger partial charge in [0, 0.05) is 30.1 Å². The van der Waals surface area contributed by atoms with Gasteiger partial charge in [0.05, 0.1) is 0 Å². The van der Waals surface area contributed by atoms with Crippen molar-refractivity contribution in [3.05, 3.63) is 47.8 Å². The Labute approximate surface area is 108 Å². The Kier molecular flexibility index (Phi) is 4.42. The predicted octanol–water partition coefficient (Wildman–Crippen LogP) is 2.95. The standard InChI is InChI=1S/C15H19N3/c1-3-8-16-9-13-10-17-15(18-11-13)14-7-5-4-6-12(14)2/h4-7,10-11,16H,3,8-9H2,1-2H3. The first-order valence-corrected chi connectivity index (χ1v) is 6.39. The van der Waals surface area contributed by atoms with Gasteiger partial charge in [-0.2, -0.15) is 0 Å². The maximum atomic E-state index is 4.44. The van der Waals surface area contributed by atoms with Crippen molar-refractivity contribution < 1.29 is 0 Å². The van der Waals surface area contributed by atoms with Crippen LogP contribution in [0.3, 0.4) is 0 Å². The lowest BCUT2D eigenvalue weighted by molar-refractivity contribution is 0.672. The lowest BCUT2D eigenvalue weighted by Gasteiger charge is -2.06. The molecule has 1 heterocycles. The summed E-state index contributed by atoms with van der Waals surface area (Å²) >= 11 is 0. The predicted molar refractivity (Wildman–Crippen MR) is 74.2 cm³/mol. The molecule has 3 nitrogen and oxygen atoms in total. The number of benzene rings is 1. The summed E-state index contributed by atoms with van der Waals surface area (Å²) in [7, 11) is 0. The summed E-state index contributed by atoms with van der Waals surface area (Å²) < 4.78 is 0. The van der Waals surface area contributed by atoms with Crippen LogP contribution in [-0.2, 0) is 6.54 Å². The maximum Gasteiger partial charge on any atom is 0.159 e. The number of nitrogens with zero attached hydrogens (tertiary/aromatic N) is 2. The van der Waals surface area contributed by atoms with Crippen molar-refractivity contribution >= 4 is 0 Å². The van der Waals surface area contributed by atoms with E-state index in [9.17, 15) is 0 Å². The van der Waals surface area contributed by atoms with Gasteiger partial charge in [0.1, 0.15) is 0 Å². The van der Waals surface area contributed by atoms with Crippen molar-refractivity contribution in [2.45, 2.75) is 26.8 Å². The summed E-state index contributed by atoms with van der Waals surface area (Å²) in [5.74, 6) is 0.798. The van der Waals surface area contributed by atoms with Gasteiger partial charge in [-0.1, -0.05) is 31.2 Å². The smallest absolute Gasteiger partial charge is 0.159 e. The van der Waals surface area contributed by atoms with Gasteiger partial charge in [-0.05, 0) is 25.5 Å². The number of rotatable bonds is 5. The van der Waals surface area contributed by atoms with E-state index in [1.54, 1.807) is 0 Å². The Hall–Kier alpha value is -1.74. The highest BCUT2D eigenvalue weighted by Gasteiger charge is 2.03. The molecule has 0 aliphatic rings. The van der Waals surface area contributed by atoms with Gasteiger partial charge in [0.2, 0.25) is 0 Å². The van der Waals surface area contributed by atoms with Crippen molar-refractivity contribution in [3.63, 3.8) is 0 Å². The number of aromatic nitrogens is 2. The van der Waals surface area contributed by atoms with E-state index in [4.69, 9.17) is 0 Å². The molecule has 0 saturated carbocycles. The highest BCUT2D eigenvalue weighted by Crippen LogP contribution is 2.18. The average molecular weight is 241 g/mol. The molecule has 94 valence electrons. The molecular weight excluding hydrogens is 222 g/mol. The van der Waals surface area contributed by atoms with Crippen LogP contribution in [0.4, 0.5) is 0 Å². The van der Waals surface area contributed by atoms with E-state index < -0.39 is 0 Å². The second-order valence-corrected chi connectivity index (χ2v) is 4.41. The van der Waals surface area contributed by atoms with E-state index >= 15 is 0 Å². The van der Waals surface area contributed by atoms with Crippen molar-refractivity contribution in [2.24, 2.45) is 0 Å². The molecule has 1 aromatic heterocycles. The lowest BCUT2D eigenvalue weighted by Crippen LogP contribution is -2.14. The zero-order valence-electron chi connectivity index (χ0n) is 11.0. The topological polar surface area (TPSA) is 37.8 Å². The van der Waals surface area contributed by atoms with Gasteiger partial charge >= 0.3 is 0 Å². The van der Waals surface area contributed by atoms with E-state index in [-0.39, 0.29) is 0 Å². The van der Waals surface area contributed by atoms with Gasteiger partial charge in [-0.3, -0.25) is 0 Å². The third-order valence-corrected chi connectivity index (χ3v) is 2.85. The largest absolute Gasteiger partial charge is 0.313 e. The van der Waals surface area contributed by atoms with Crippen LogP contribution in [0.1, 0.15) is 24.5 Å². The Morgan fingerprint density at radius 1 is 1.11 bits per heavy atom. The van der Waals surface area contributed by atoms with Crippen LogP contribution in [0.2, 0.25) is 0 Å². The Balaban J connectivity index is 2.10. The van der Waals surface area contributed by atoms with Gasteiger partial charge in [-0.25, -0.2) is 9.97 Å². The van der Waals surface area contributed by atoms with Gasteiger partial charge in [0.15, 0.2) is 5.82 Å². The van der Waals surface area contributed by atoms with Crippen LogP contribution >= 0.6 is 0 Å². The molecule has 3 heteroatoms. The molecule has 0 saturated heterocycles. The van der Waals surface area contributed by atoms with Crippen LogP contribution in [0.25, 0.3) is 11.4 Å². The highest BCUT2D eigenvalue weighted by atomic mass is 14.9. The molecule has 1 aromatic carbocycles. The number of aryl methyl sites for hydroxylation is 1. The fraction of sp³-hybridized carbons (Fsp3) is 0.333. The van der Waals surface area contributed by atoms with Crippen molar-refractivity contribution in [2.75, 3.05) is 6.54 Å². The summed E-state index contributed by atoms with van der Waals surface area (Å²) in [5, 5.41) is 3.34. The van der Waals surface area contributed by atoms with E-state index in [0.717, 1.165) is 36.5 Å². The molecule has 0 spiro atoms. The van der Waals surface area contributed by atoms with Crippen molar-refractivity contribution in [3.8, 4) is 11.4 Å². The Morgan fingerprint density at radius 2 is 1.83 bits per heavy atom. The summed E-state index contributed by atoms with van der Waals surface area (Å²) in [6.07, 6.45) is 4.94. The van der Waals surface area contributed by atoms with E-state index in [1.807, 2.05) is 24.5 Å². The normalized spacial score (nSPS) is 10.6. The molecule has 0 aliphatic carbocycles. The molecule has 1 N–H and O–H groups in total. The molecule has 0 aliphatic heterocycles. The average Bonchev–Trinajstić information content (AvgIpc) is 2.41. The van der Waals surface area contributed by atoms with Crippen LogP contribution < -0.4 is 5.32 Å². The monoisotopic (exact) mass is 241 g/mol. The quantitative estimate of drug-likeness (QED) is 0.818. The van der Waals surface area contributed by atoms with Crippen LogP contribution in [-0.4, -0.2) is 16.5 Å². The minimum atomic E-state index is 0.798. The molecule has 0 atom stereocenters. The first-order chi connectivity index (χ1) is 8.81. The summed E-state index contributed by atoms with van der Waals surface area (Å²) in [6, 6.07) is 8.18. The lowest BCUT2D eigenvalue weighted by atomic mass is 10.1. The van der Waals surface area contributed by atoms with Gasteiger partial charge < -0.3 is 5.32 Å². The number of hydrogen-bond donors (Lipinski definition) is 1. The minimum Gasteiger partial charge on any atom is -0.313 e. The molecule has 2 aromatic rings. The summed E-state index contributed by atoms with van der Waals surface area (Å²) in [5.41, 5.74) is 3.43. The SMILES string of the molecule is CCCNCc1cnc(-c2ccccc2C)nc1. The first kappa shape index (κ1) is 12.7. The molecule has 0 fully saturated rings. The van der Waals surface area contributed by atoms with Gasteiger partial charge in [0.25, 0.3) is 0 Å². The molecule has 0 radical (unpaired) electrons. The Bertz CT molecular complexity index is 491. The molecule has 0 amide bonds. The fourth-order valence-corrected chi connectivity index (χ4v) is 1.82. The molecule has 0 bridgehead atoms.